The van der Waals surface area contributed by atoms with Crippen LogP contribution in [0.3, 0.4) is 0 Å². The fourth-order valence-electron chi connectivity index (χ4n) is 1.67. The van der Waals surface area contributed by atoms with Crippen molar-refractivity contribution in [3.63, 3.8) is 0 Å². The number of para-hydroxylation sites is 1. The lowest BCUT2D eigenvalue weighted by Gasteiger charge is -2.27. The largest absolute Gasteiger partial charge is 0.371 e. The van der Waals surface area contributed by atoms with Gasteiger partial charge in [-0.1, -0.05) is 17.7 Å². The number of carbonyl (C=O) groups is 1. The molecular weight excluding hydrogens is 244 g/mol. The Bertz CT molecular complexity index is 411. The van der Waals surface area contributed by atoms with Crippen molar-refractivity contribution in [3.8, 4) is 0 Å². The summed E-state index contributed by atoms with van der Waals surface area (Å²) in [5.74, 6) is 0.967. The summed E-state index contributed by atoms with van der Waals surface area (Å²) in [6.07, 6.45) is 2.83. The number of hydrogen-bond acceptors (Lipinski definition) is 3. The van der Waals surface area contributed by atoms with Gasteiger partial charge in [-0.15, -0.1) is 0 Å². The van der Waals surface area contributed by atoms with Crippen LogP contribution < -0.4 is 10.6 Å². The zero-order valence-electron chi connectivity index (χ0n) is 8.92. The van der Waals surface area contributed by atoms with Gasteiger partial charge in [0, 0.05) is 0 Å². The number of carbonyl (C=O) groups excluding carboxylic acids is 1. The van der Waals surface area contributed by atoms with Crippen molar-refractivity contribution in [1.82, 2.24) is 0 Å². The Balaban J connectivity index is 2.20. The van der Waals surface area contributed by atoms with E-state index in [0.717, 1.165) is 23.5 Å². The summed E-state index contributed by atoms with van der Waals surface area (Å²) in [5, 5.41) is 6.70. The van der Waals surface area contributed by atoms with E-state index in [-0.39, 0.29) is 11.9 Å². The Hall–Kier alpha value is -0.870. The second-order valence-electron chi connectivity index (χ2n) is 3.63. The van der Waals surface area contributed by atoms with Gasteiger partial charge in [0.25, 0.3) is 0 Å². The molecule has 3 nitrogen and oxygen atoms in total. The van der Waals surface area contributed by atoms with Crippen LogP contribution in [-0.2, 0) is 4.79 Å². The first kappa shape index (κ1) is 11.6. The molecule has 0 fully saturated rings. The monoisotopic (exact) mass is 256 g/mol. The molecule has 1 aromatic rings. The van der Waals surface area contributed by atoms with Crippen molar-refractivity contribution in [2.24, 2.45) is 0 Å². The number of fused-ring (bicyclic) bond motifs is 1. The van der Waals surface area contributed by atoms with Crippen LogP contribution in [-0.4, -0.2) is 24.0 Å². The third-order valence-corrected chi connectivity index (χ3v) is 3.48. The Morgan fingerprint density at radius 3 is 3.06 bits per heavy atom. The highest BCUT2D eigenvalue weighted by Crippen LogP contribution is 2.34. The SMILES string of the molecule is CSCCC1Nc2c(Cl)cccc2NC1=O. The highest BCUT2D eigenvalue weighted by Gasteiger charge is 2.25. The van der Waals surface area contributed by atoms with E-state index >= 15 is 0 Å². The minimum Gasteiger partial charge on any atom is -0.371 e. The summed E-state index contributed by atoms with van der Waals surface area (Å²) in [6, 6.07) is 5.30. The molecule has 0 saturated heterocycles. The molecule has 2 N–H and O–H groups in total. The van der Waals surface area contributed by atoms with Gasteiger partial charge in [-0.25, -0.2) is 0 Å². The predicted octanol–water partition coefficient (Wildman–Crippen LogP) is 2.83. The van der Waals surface area contributed by atoms with E-state index < -0.39 is 0 Å². The molecule has 0 radical (unpaired) electrons. The molecule has 0 aliphatic carbocycles. The van der Waals surface area contributed by atoms with Crippen LogP contribution in [0.1, 0.15) is 6.42 Å². The molecule has 16 heavy (non-hydrogen) atoms. The van der Waals surface area contributed by atoms with Crippen molar-refractivity contribution in [2.75, 3.05) is 22.6 Å². The van der Waals surface area contributed by atoms with Crippen molar-refractivity contribution < 1.29 is 4.79 Å². The summed E-state index contributed by atoms with van der Waals surface area (Å²) in [7, 11) is 0. The standard InChI is InChI=1S/C11H13ClN2OS/c1-16-6-5-9-11(15)14-8-4-2-3-7(12)10(8)13-9/h2-4,9,13H,5-6H2,1H3,(H,14,15). The van der Waals surface area contributed by atoms with E-state index in [1.54, 1.807) is 11.8 Å². The molecule has 5 heteroatoms. The molecule has 2 rings (SSSR count). The lowest BCUT2D eigenvalue weighted by atomic mass is 10.1. The molecule has 1 amide bonds. The zero-order valence-corrected chi connectivity index (χ0v) is 10.5. The first-order valence-electron chi connectivity index (χ1n) is 5.07. The van der Waals surface area contributed by atoms with Crippen LogP contribution in [0.15, 0.2) is 18.2 Å². The fraction of sp³-hybridized carbons (Fsp3) is 0.364. The normalized spacial score (nSPS) is 18.6. The number of anilines is 2. The molecule has 1 atom stereocenters. The maximum Gasteiger partial charge on any atom is 0.246 e. The van der Waals surface area contributed by atoms with Crippen LogP contribution in [0.25, 0.3) is 0 Å². The summed E-state index contributed by atoms with van der Waals surface area (Å²) in [5.41, 5.74) is 1.59. The molecule has 1 unspecified atom stereocenters. The second kappa shape index (κ2) is 4.97. The topological polar surface area (TPSA) is 41.1 Å². The van der Waals surface area contributed by atoms with Crippen LogP contribution in [0.2, 0.25) is 5.02 Å². The van der Waals surface area contributed by atoms with Gasteiger partial charge in [-0.05, 0) is 30.6 Å². The molecule has 0 saturated carbocycles. The van der Waals surface area contributed by atoms with Gasteiger partial charge >= 0.3 is 0 Å². The zero-order chi connectivity index (χ0) is 11.5. The molecule has 1 aliphatic rings. The van der Waals surface area contributed by atoms with Gasteiger partial charge in [-0.3, -0.25) is 4.79 Å². The summed E-state index contributed by atoms with van der Waals surface area (Å²) >= 11 is 7.80. The Kier molecular flexibility index (Phi) is 3.61. The lowest BCUT2D eigenvalue weighted by Crippen LogP contribution is -2.39. The Morgan fingerprint density at radius 2 is 2.31 bits per heavy atom. The maximum atomic E-state index is 11.7. The van der Waals surface area contributed by atoms with Gasteiger partial charge < -0.3 is 10.6 Å². The predicted molar refractivity (Wildman–Crippen MR) is 70.5 cm³/mol. The molecule has 1 aliphatic heterocycles. The van der Waals surface area contributed by atoms with Crippen molar-refractivity contribution in [1.29, 1.82) is 0 Å². The van der Waals surface area contributed by atoms with Gasteiger partial charge in [0.15, 0.2) is 0 Å². The number of rotatable bonds is 3. The fourth-order valence-corrected chi connectivity index (χ4v) is 2.37. The van der Waals surface area contributed by atoms with E-state index in [2.05, 4.69) is 10.6 Å². The first-order valence-corrected chi connectivity index (χ1v) is 6.84. The Labute approximate surface area is 104 Å². The van der Waals surface area contributed by atoms with Crippen molar-refractivity contribution >= 4 is 40.6 Å². The van der Waals surface area contributed by atoms with Crippen LogP contribution in [0, 0.1) is 0 Å². The third kappa shape index (κ3) is 2.28. The Morgan fingerprint density at radius 1 is 1.50 bits per heavy atom. The second-order valence-corrected chi connectivity index (χ2v) is 5.02. The highest BCUT2D eigenvalue weighted by atomic mass is 35.5. The number of thioether (sulfide) groups is 1. The summed E-state index contributed by atoms with van der Waals surface area (Å²) < 4.78 is 0. The number of amides is 1. The van der Waals surface area contributed by atoms with E-state index in [1.807, 2.05) is 24.5 Å². The van der Waals surface area contributed by atoms with E-state index in [1.165, 1.54) is 0 Å². The smallest absolute Gasteiger partial charge is 0.246 e. The molecular formula is C11H13ClN2OS. The highest BCUT2D eigenvalue weighted by molar-refractivity contribution is 7.98. The van der Waals surface area contributed by atoms with Crippen LogP contribution >= 0.6 is 23.4 Å². The average Bonchev–Trinajstić information content (AvgIpc) is 2.27. The molecule has 1 heterocycles. The third-order valence-electron chi connectivity index (χ3n) is 2.52. The van der Waals surface area contributed by atoms with Gasteiger partial charge in [0.05, 0.1) is 16.4 Å². The minimum atomic E-state index is -0.181. The minimum absolute atomic E-state index is 0.0174. The summed E-state index contributed by atoms with van der Waals surface area (Å²) in [4.78, 5) is 11.7. The molecule has 86 valence electrons. The van der Waals surface area contributed by atoms with Gasteiger partial charge in [0.2, 0.25) is 5.91 Å². The molecule has 0 aromatic heterocycles. The molecule has 0 bridgehead atoms. The number of hydrogen-bond donors (Lipinski definition) is 2. The number of halogens is 1. The quantitative estimate of drug-likeness (QED) is 0.874. The molecule has 1 aromatic carbocycles. The van der Waals surface area contributed by atoms with Gasteiger partial charge in [0.1, 0.15) is 6.04 Å². The van der Waals surface area contributed by atoms with E-state index in [0.29, 0.717) is 5.02 Å². The van der Waals surface area contributed by atoms with Crippen molar-refractivity contribution in [2.45, 2.75) is 12.5 Å². The van der Waals surface area contributed by atoms with E-state index in [4.69, 9.17) is 11.6 Å². The van der Waals surface area contributed by atoms with Crippen LogP contribution in [0.4, 0.5) is 11.4 Å². The number of nitrogens with one attached hydrogen (secondary N) is 2. The first-order chi connectivity index (χ1) is 7.72. The molecule has 0 spiro atoms. The summed E-state index contributed by atoms with van der Waals surface area (Å²) in [6.45, 7) is 0. The van der Waals surface area contributed by atoms with E-state index in [9.17, 15) is 4.79 Å². The lowest BCUT2D eigenvalue weighted by molar-refractivity contribution is -0.117. The maximum absolute atomic E-state index is 11.7. The average molecular weight is 257 g/mol. The number of benzene rings is 1. The van der Waals surface area contributed by atoms with Crippen molar-refractivity contribution in [3.05, 3.63) is 23.2 Å². The van der Waals surface area contributed by atoms with Crippen LogP contribution in [0.5, 0.6) is 0 Å². The van der Waals surface area contributed by atoms with Gasteiger partial charge in [-0.2, -0.15) is 11.8 Å².